The lowest BCUT2D eigenvalue weighted by Gasteiger charge is -2.15. The van der Waals surface area contributed by atoms with Gasteiger partial charge in [0.2, 0.25) is 0 Å². The van der Waals surface area contributed by atoms with Gasteiger partial charge >= 0.3 is 12.3 Å². The van der Waals surface area contributed by atoms with Gasteiger partial charge in [0.05, 0.1) is 13.2 Å². The molecule has 0 atom stereocenters. The Bertz CT molecular complexity index is 798. The van der Waals surface area contributed by atoms with Gasteiger partial charge in [0.1, 0.15) is 10.0 Å². The molecule has 0 aliphatic carbocycles. The van der Waals surface area contributed by atoms with E-state index >= 15 is 0 Å². The molecule has 0 aliphatic heterocycles. The third kappa shape index (κ3) is 6.67. The SMILES string of the molecule is CCCCCOC(=O)Oc1c(Cl)c(Cl)c(OC(=O)OCCCCC)c2ccccc12. The number of hydrogen-bond acceptors (Lipinski definition) is 6. The first-order chi connectivity index (χ1) is 14.5. The Kier molecular flexibility index (Phi) is 10.0. The number of hydrogen-bond donors (Lipinski definition) is 0. The number of rotatable bonds is 10. The maximum atomic E-state index is 12.1. The van der Waals surface area contributed by atoms with Crippen molar-refractivity contribution in [1.29, 1.82) is 0 Å². The van der Waals surface area contributed by atoms with Crippen molar-refractivity contribution in [2.75, 3.05) is 13.2 Å². The van der Waals surface area contributed by atoms with Gasteiger partial charge in [-0.25, -0.2) is 9.59 Å². The molecule has 2 aromatic carbocycles. The molecule has 0 fully saturated rings. The van der Waals surface area contributed by atoms with Gasteiger partial charge in [0.15, 0.2) is 11.5 Å². The van der Waals surface area contributed by atoms with Gasteiger partial charge in [-0.05, 0) is 12.8 Å². The molecule has 30 heavy (non-hydrogen) atoms. The largest absolute Gasteiger partial charge is 0.513 e. The van der Waals surface area contributed by atoms with Crippen molar-refractivity contribution in [1.82, 2.24) is 0 Å². The van der Waals surface area contributed by atoms with Crippen LogP contribution in [-0.4, -0.2) is 25.5 Å². The Morgan fingerprint density at radius 2 is 1.13 bits per heavy atom. The van der Waals surface area contributed by atoms with E-state index in [0.29, 0.717) is 10.8 Å². The molecule has 164 valence electrons. The van der Waals surface area contributed by atoms with Gasteiger partial charge in [0.25, 0.3) is 0 Å². The van der Waals surface area contributed by atoms with Crippen molar-refractivity contribution < 1.29 is 28.5 Å². The lowest BCUT2D eigenvalue weighted by Crippen LogP contribution is -2.14. The number of ether oxygens (including phenoxy) is 4. The van der Waals surface area contributed by atoms with Crippen molar-refractivity contribution in [3.05, 3.63) is 34.3 Å². The zero-order valence-electron chi connectivity index (χ0n) is 17.2. The number of halogens is 2. The van der Waals surface area contributed by atoms with Crippen molar-refractivity contribution in [3.8, 4) is 11.5 Å². The second kappa shape index (κ2) is 12.5. The van der Waals surface area contributed by atoms with Crippen LogP contribution < -0.4 is 9.47 Å². The summed E-state index contributed by atoms with van der Waals surface area (Å²) in [7, 11) is 0. The molecule has 2 aromatic rings. The molecule has 0 bridgehead atoms. The van der Waals surface area contributed by atoms with Crippen LogP contribution in [-0.2, 0) is 9.47 Å². The number of unbranched alkanes of at least 4 members (excludes halogenated alkanes) is 4. The van der Waals surface area contributed by atoms with E-state index in [1.807, 2.05) is 0 Å². The monoisotopic (exact) mass is 456 g/mol. The van der Waals surface area contributed by atoms with Gasteiger partial charge in [-0.15, -0.1) is 0 Å². The highest BCUT2D eigenvalue weighted by atomic mass is 35.5. The predicted molar refractivity (Wildman–Crippen MR) is 117 cm³/mol. The molecule has 0 unspecified atom stereocenters. The van der Waals surface area contributed by atoms with Crippen LogP contribution in [0.15, 0.2) is 24.3 Å². The quantitative estimate of drug-likeness (QED) is 0.208. The number of benzene rings is 2. The smallest absolute Gasteiger partial charge is 0.434 e. The maximum absolute atomic E-state index is 12.1. The van der Waals surface area contributed by atoms with Crippen LogP contribution in [0.2, 0.25) is 10.0 Å². The fourth-order valence-corrected chi connectivity index (χ4v) is 3.21. The van der Waals surface area contributed by atoms with Crippen molar-refractivity contribution in [3.63, 3.8) is 0 Å². The van der Waals surface area contributed by atoms with E-state index in [-0.39, 0.29) is 34.8 Å². The van der Waals surface area contributed by atoms with Gasteiger partial charge < -0.3 is 18.9 Å². The summed E-state index contributed by atoms with van der Waals surface area (Å²) in [5.74, 6) is 0.0860. The lowest BCUT2D eigenvalue weighted by molar-refractivity contribution is 0.0960. The van der Waals surface area contributed by atoms with Crippen LogP contribution in [0.5, 0.6) is 11.5 Å². The Labute approximate surface area is 186 Å². The topological polar surface area (TPSA) is 71.1 Å². The van der Waals surface area contributed by atoms with Gasteiger partial charge in [-0.1, -0.05) is 87.0 Å². The molecule has 0 amide bonds. The molecule has 2 rings (SSSR count). The molecule has 0 saturated heterocycles. The predicted octanol–water partition coefficient (Wildman–Crippen LogP) is 7.56. The standard InChI is InChI=1S/C22H26Cl2O6/c1-3-5-9-13-27-21(25)29-19-15-11-7-8-12-16(15)20(18(24)17(19)23)30-22(26)28-14-10-6-4-2/h7-8,11-12H,3-6,9-10,13-14H2,1-2H3. The molecule has 0 spiro atoms. The minimum Gasteiger partial charge on any atom is -0.434 e. The van der Waals surface area contributed by atoms with Gasteiger partial charge in [-0.3, -0.25) is 0 Å². The van der Waals surface area contributed by atoms with Crippen LogP contribution in [0.1, 0.15) is 52.4 Å². The van der Waals surface area contributed by atoms with Crippen LogP contribution in [0, 0.1) is 0 Å². The van der Waals surface area contributed by atoms with E-state index in [9.17, 15) is 9.59 Å². The maximum Gasteiger partial charge on any atom is 0.513 e. The fourth-order valence-electron chi connectivity index (χ4n) is 2.76. The van der Waals surface area contributed by atoms with E-state index in [0.717, 1.165) is 38.5 Å². The highest BCUT2D eigenvalue weighted by molar-refractivity contribution is 6.45. The Hall–Kier alpha value is -2.18. The van der Waals surface area contributed by atoms with Crippen molar-refractivity contribution in [2.24, 2.45) is 0 Å². The Balaban J connectivity index is 2.22. The molecule has 0 aromatic heterocycles. The summed E-state index contributed by atoms with van der Waals surface area (Å²) in [5.41, 5.74) is 0. The number of carbonyl (C=O) groups excluding carboxylic acids is 2. The molecule has 0 aliphatic rings. The van der Waals surface area contributed by atoms with E-state index in [1.165, 1.54) is 0 Å². The Morgan fingerprint density at radius 1 is 0.733 bits per heavy atom. The molecule has 0 radical (unpaired) electrons. The molecule has 0 saturated carbocycles. The van der Waals surface area contributed by atoms with Crippen LogP contribution in [0.3, 0.4) is 0 Å². The summed E-state index contributed by atoms with van der Waals surface area (Å²) < 4.78 is 20.8. The van der Waals surface area contributed by atoms with Crippen LogP contribution in [0.25, 0.3) is 10.8 Å². The Morgan fingerprint density at radius 3 is 1.50 bits per heavy atom. The fraction of sp³-hybridized carbons (Fsp3) is 0.455. The molecule has 0 N–H and O–H groups in total. The molecular weight excluding hydrogens is 431 g/mol. The van der Waals surface area contributed by atoms with E-state index < -0.39 is 12.3 Å². The molecule has 0 heterocycles. The first-order valence-corrected chi connectivity index (χ1v) is 10.8. The normalized spacial score (nSPS) is 10.7. The second-order valence-electron chi connectivity index (χ2n) is 6.65. The summed E-state index contributed by atoms with van der Waals surface area (Å²) in [4.78, 5) is 24.1. The van der Waals surface area contributed by atoms with Crippen molar-refractivity contribution in [2.45, 2.75) is 52.4 Å². The molecule has 8 heteroatoms. The number of fused-ring (bicyclic) bond motifs is 1. The highest BCUT2D eigenvalue weighted by Gasteiger charge is 2.23. The van der Waals surface area contributed by atoms with E-state index in [4.69, 9.17) is 42.1 Å². The van der Waals surface area contributed by atoms with Crippen LogP contribution in [0.4, 0.5) is 9.59 Å². The molecule has 6 nitrogen and oxygen atoms in total. The van der Waals surface area contributed by atoms with Gasteiger partial charge in [-0.2, -0.15) is 0 Å². The molecular formula is C22H26Cl2O6. The van der Waals surface area contributed by atoms with Crippen molar-refractivity contribution >= 4 is 46.3 Å². The number of carbonyl (C=O) groups is 2. The lowest BCUT2D eigenvalue weighted by atomic mass is 10.1. The summed E-state index contributed by atoms with van der Waals surface area (Å²) in [6, 6.07) is 6.82. The minimum atomic E-state index is -0.877. The second-order valence-corrected chi connectivity index (χ2v) is 7.40. The summed E-state index contributed by atoms with van der Waals surface area (Å²) in [6.07, 6.45) is 3.64. The summed E-state index contributed by atoms with van der Waals surface area (Å²) in [6.45, 7) is 4.61. The minimum absolute atomic E-state index is 0.0430. The summed E-state index contributed by atoms with van der Waals surface area (Å²) >= 11 is 12.7. The summed E-state index contributed by atoms with van der Waals surface area (Å²) in [5, 5.41) is 0.779. The average Bonchev–Trinajstić information content (AvgIpc) is 2.75. The zero-order valence-corrected chi connectivity index (χ0v) is 18.7. The van der Waals surface area contributed by atoms with Gasteiger partial charge in [0, 0.05) is 10.8 Å². The van der Waals surface area contributed by atoms with E-state index in [1.54, 1.807) is 24.3 Å². The third-order valence-electron chi connectivity index (χ3n) is 4.31. The van der Waals surface area contributed by atoms with E-state index in [2.05, 4.69) is 13.8 Å². The first-order valence-electron chi connectivity index (χ1n) is 10.1. The van der Waals surface area contributed by atoms with Crippen LogP contribution >= 0.6 is 23.2 Å². The highest BCUT2D eigenvalue weighted by Crippen LogP contribution is 2.46. The zero-order chi connectivity index (χ0) is 21.9. The average molecular weight is 457 g/mol. The third-order valence-corrected chi connectivity index (χ3v) is 5.13. The first kappa shape index (κ1) is 24.1.